The quantitative estimate of drug-likeness (QED) is 0.434. The number of aldehydes is 1. The number of hydrogen-bond donors (Lipinski definition) is 1. The fourth-order valence-electron chi connectivity index (χ4n) is 0.488. The van der Waals surface area contributed by atoms with E-state index in [-0.39, 0.29) is 5.71 Å². The third-order valence-corrected chi connectivity index (χ3v) is 0.770. The van der Waals surface area contributed by atoms with Crippen LogP contribution in [0, 0.1) is 11.3 Å². The van der Waals surface area contributed by atoms with Crippen molar-refractivity contribution < 1.29 is 4.79 Å². The van der Waals surface area contributed by atoms with Crippen LogP contribution >= 0.6 is 0 Å². The molecule has 0 aromatic heterocycles. The van der Waals surface area contributed by atoms with Gasteiger partial charge in [-0.05, 0) is 12.3 Å². The molecule has 2 heteroatoms. The molecule has 0 saturated carbocycles. The zero-order chi connectivity index (χ0) is 6.57. The van der Waals surface area contributed by atoms with Crippen LogP contribution in [0.1, 0.15) is 20.3 Å². The fourth-order valence-corrected chi connectivity index (χ4v) is 0.488. The summed E-state index contributed by atoms with van der Waals surface area (Å²) in [6.07, 6.45) is 1.20. The van der Waals surface area contributed by atoms with Gasteiger partial charge in [0.15, 0.2) is 6.29 Å². The molecule has 0 unspecified atom stereocenters. The molecule has 0 aromatic carbocycles. The SMILES string of the molecule is CC(C)CC(=N)C=O. The van der Waals surface area contributed by atoms with Gasteiger partial charge in [-0.25, -0.2) is 0 Å². The zero-order valence-electron chi connectivity index (χ0n) is 5.27. The van der Waals surface area contributed by atoms with Crippen molar-refractivity contribution in [2.24, 2.45) is 5.92 Å². The maximum absolute atomic E-state index is 9.82. The van der Waals surface area contributed by atoms with E-state index in [1.807, 2.05) is 13.8 Å². The van der Waals surface area contributed by atoms with Crippen LogP contribution < -0.4 is 0 Å². The second kappa shape index (κ2) is 3.36. The summed E-state index contributed by atoms with van der Waals surface area (Å²) in [5, 5.41) is 6.90. The lowest BCUT2D eigenvalue weighted by atomic mass is 10.1. The van der Waals surface area contributed by atoms with Gasteiger partial charge in [0.1, 0.15) is 0 Å². The summed E-state index contributed by atoms with van der Waals surface area (Å²) in [5.74, 6) is 0.424. The Bertz CT molecular complexity index is 96.7. The molecule has 1 N–H and O–H groups in total. The Morgan fingerprint density at radius 1 is 1.75 bits per heavy atom. The zero-order valence-corrected chi connectivity index (χ0v) is 5.27. The van der Waals surface area contributed by atoms with Crippen LogP contribution in [0.2, 0.25) is 0 Å². The first-order valence-electron chi connectivity index (χ1n) is 2.69. The van der Waals surface area contributed by atoms with Gasteiger partial charge >= 0.3 is 0 Å². The van der Waals surface area contributed by atoms with Gasteiger partial charge in [0.25, 0.3) is 0 Å². The lowest BCUT2D eigenvalue weighted by molar-refractivity contribution is -0.102. The van der Waals surface area contributed by atoms with Crippen molar-refractivity contribution >= 4 is 12.0 Å². The third-order valence-electron chi connectivity index (χ3n) is 0.770. The van der Waals surface area contributed by atoms with Crippen molar-refractivity contribution in [1.82, 2.24) is 0 Å². The average molecular weight is 113 g/mol. The van der Waals surface area contributed by atoms with E-state index in [0.29, 0.717) is 18.6 Å². The standard InChI is InChI=1S/C6H11NO/c1-5(2)3-6(7)4-8/h4-5,7H,3H2,1-2H3. The molecule has 0 heterocycles. The van der Waals surface area contributed by atoms with Gasteiger partial charge in [-0.15, -0.1) is 0 Å². The summed E-state index contributed by atoms with van der Waals surface area (Å²) in [6.45, 7) is 3.97. The molecule has 0 bridgehead atoms. The van der Waals surface area contributed by atoms with E-state index in [1.165, 1.54) is 0 Å². The minimum Gasteiger partial charge on any atom is -0.302 e. The molecule has 0 aromatic rings. The number of rotatable bonds is 3. The monoisotopic (exact) mass is 113 g/mol. The third kappa shape index (κ3) is 3.53. The molecular formula is C6H11NO. The molecule has 0 aliphatic rings. The van der Waals surface area contributed by atoms with Gasteiger partial charge in [-0.1, -0.05) is 13.8 Å². The summed E-state index contributed by atoms with van der Waals surface area (Å²) in [5.41, 5.74) is 0.194. The molecule has 0 rings (SSSR count). The maximum atomic E-state index is 9.82. The highest BCUT2D eigenvalue weighted by Crippen LogP contribution is 1.97. The summed E-state index contributed by atoms with van der Waals surface area (Å²) < 4.78 is 0. The van der Waals surface area contributed by atoms with Gasteiger partial charge in [-0.2, -0.15) is 0 Å². The van der Waals surface area contributed by atoms with E-state index in [9.17, 15) is 4.79 Å². The first kappa shape index (κ1) is 7.34. The van der Waals surface area contributed by atoms with Gasteiger partial charge in [0.05, 0.1) is 5.71 Å². The van der Waals surface area contributed by atoms with Crippen molar-refractivity contribution in [3.05, 3.63) is 0 Å². The van der Waals surface area contributed by atoms with E-state index in [0.717, 1.165) is 0 Å². The van der Waals surface area contributed by atoms with Crippen molar-refractivity contribution in [3.63, 3.8) is 0 Å². The molecule has 8 heavy (non-hydrogen) atoms. The molecule has 0 radical (unpaired) electrons. The topological polar surface area (TPSA) is 40.9 Å². The molecule has 2 nitrogen and oxygen atoms in total. The highest BCUT2D eigenvalue weighted by atomic mass is 16.1. The molecule has 46 valence electrons. The Morgan fingerprint density at radius 3 is 2.38 bits per heavy atom. The Balaban J connectivity index is 3.39. The Kier molecular flexibility index (Phi) is 3.08. The molecular weight excluding hydrogens is 102 g/mol. The molecule has 0 atom stereocenters. The molecule has 0 aliphatic heterocycles. The van der Waals surface area contributed by atoms with Crippen LogP contribution in [0.4, 0.5) is 0 Å². The summed E-state index contributed by atoms with van der Waals surface area (Å²) in [7, 11) is 0. The lowest BCUT2D eigenvalue weighted by Crippen LogP contribution is -2.01. The first-order valence-corrected chi connectivity index (χ1v) is 2.69. The highest BCUT2D eigenvalue weighted by molar-refractivity contribution is 6.26. The van der Waals surface area contributed by atoms with Gasteiger partial charge in [0, 0.05) is 0 Å². The minimum atomic E-state index is 0.194. The van der Waals surface area contributed by atoms with Crippen LogP contribution in [0.15, 0.2) is 0 Å². The molecule has 0 amide bonds. The minimum absolute atomic E-state index is 0.194. The number of carbonyl (C=O) groups excluding carboxylic acids is 1. The van der Waals surface area contributed by atoms with Gasteiger partial charge < -0.3 is 5.41 Å². The van der Waals surface area contributed by atoms with Gasteiger partial charge in [0.2, 0.25) is 0 Å². The second-order valence-electron chi connectivity index (χ2n) is 2.24. The normalized spacial score (nSPS) is 9.38. The fraction of sp³-hybridized carbons (Fsp3) is 0.667. The predicted molar refractivity (Wildman–Crippen MR) is 33.2 cm³/mol. The van der Waals surface area contributed by atoms with Crippen LogP contribution in [0.5, 0.6) is 0 Å². The summed E-state index contributed by atoms with van der Waals surface area (Å²) >= 11 is 0. The molecule has 0 saturated heterocycles. The second-order valence-corrected chi connectivity index (χ2v) is 2.24. The number of nitrogens with one attached hydrogen (secondary N) is 1. The summed E-state index contributed by atoms with van der Waals surface area (Å²) in [6, 6.07) is 0. The Morgan fingerprint density at radius 2 is 2.25 bits per heavy atom. The molecule has 0 fully saturated rings. The van der Waals surface area contributed by atoms with E-state index in [1.54, 1.807) is 0 Å². The van der Waals surface area contributed by atoms with Crippen molar-refractivity contribution in [2.75, 3.05) is 0 Å². The van der Waals surface area contributed by atoms with Gasteiger partial charge in [-0.3, -0.25) is 4.79 Å². The van der Waals surface area contributed by atoms with Crippen LogP contribution in [-0.2, 0) is 4.79 Å². The predicted octanol–water partition coefficient (Wildman–Crippen LogP) is 1.25. The maximum Gasteiger partial charge on any atom is 0.163 e. The molecule has 0 spiro atoms. The highest BCUT2D eigenvalue weighted by Gasteiger charge is 1.96. The van der Waals surface area contributed by atoms with Crippen LogP contribution in [0.25, 0.3) is 0 Å². The van der Waals surface area contributed by atoms with E-state index >= 15 is 0 Å². The first-order chi connectivity index (χ1) is 3.66. The lowest BCUT2D eigenvalue weighted by Gasteiger charge is -1.97. The van der Waals surface area contributed by atoms with Crippen molar-refractivity contribution in [3.8, 4) is 0 Å². The van der Waals surface area contributed by atoms with E-state index in [4.69, 9.17) is 5.41 Å². The Hall–Kier alpha value is -0.660. The van der Waals surface area contributed by atoms with Crippen LogP contribution in [-0.4, -0.2) is 12.0 Å². The number of carbonyl (C=O) groups is 1. The van der Waals surface area contributed by atoms with Crippen molar-refractivity contribution in [1.29, 1.82) is 5.41 Å². The summed E-state index contributed by atoms with van der Waals surface area (Å²) in [4.78, 5) is 9.82. The smallest absolute Gasteiger partial charge is 0.163 e. The average Bonchev–Trinajstić information content (AvgIpc) is 1.65. The number of hydrogen-bond acceptors (Lipinski definition) is 2. The molecule has 0 aliphatic carbocycles. The van der Waals surface area contributed by atoms with E-state index in [2.05, 4.69) is 0 Å². The Labute approximate surface area is 49.4 Å². The van der Waals surface area contributed by atoms with E-state index < -0.39 is 0 Å². The largest absolute Gasteiger partial charge is 0.302 e. The van der Waals surface area contributed by atoms with Crippen LogP contribution in [0.3, 0.4) is 0 Å². The van der Waals surface area contributed by atoms with Crippen molar-refractivity contribution in [2.45, 2.75) is 20.3 Å².